The summed E-state index contributed by atoms with van der Waals surface area (Å²) in [6, 6.07) is 5.66. The van der Waals surface area contributed by atoms with Crippen LogP contribution in [0.5, 0.6) is 11.5 Å². The Morgan fingerprint density at radius 2 is 2.27 bits per heavy atom. The molecular weight excluding hydrogens is 188 g/mol. The molecule has 2 rings (SSSR count). The monoisotopic (exact) mass is 204 g/mol. The second-order valence-electron chi connectivity index (χ2n) is 3.90. The molecule has 2 nitrogen and oxygen atoms in total. The van der Waals surface area contributed by atoms with Crippen LogP contribution in [0.25, 0.3) is 0 Å². The molecule has 0 amide bonds. The first-order chi connectivity index (χ1) is 7.31. The number of allylic oxidation sites excluding steroid dienone is 2. The number of ether oxygens (including phenoxy) is 1. The van der Waals surface area contributed by atoms with Crippen LogP contribution < -0.4 is 4.74 Å². The van der Waals surface area contributed by atoms with E-state index in [1.54, 1.807) is 13.2 Å². The number of para-hydroxylation sites is 1. The fraction of sp³-hybridized carbons (Fsp3) is 0.385. The van der Waals surface area contributed by atoms with Gasteiger partial charge in [0.25, 0.3) is 0 Å². The Morgan fingerprint density at radius 1 is 1.40 bits per heavy atom. The molecule has 1 aliphatic rings. The van der Waals surface area contributed by atoms with E-state index < -0.39 is 0 Å². The molecule has 0 aliphatic heterocycles. The summed E-state index contributed by atoms with van der Waals surface area (Å²) in [4.78, 5) is 0. The second-order valence-corrected chi connectivity index (χ2v) is 3.90. The van der Waals surface area contributed by atoms with Crippen LogP contribution in [0.3, 0.4) is 0 Å². The van der Waals surface area contributed by atoms with Gasteiger partial charge < -0.3 is 9.84 Å². The van der Waals surface area contributed by atoms with Crippen molar-refractivity contribution in [1.29, 1.82) is 0 Å². The van der Waals surface area contributed by atoms with Crippen LogP contribution in [0.1, 0.15) is 24.8 Å². The van der Waals surface area contributed by atoms with Crippen LogP contribution in [-0.2, 0) is 6.42 Å². The van der Waals surface area contributed by atoms with E-state index in [0.29, 0.717) is 5.75 Å². The van der Waals surface area contributed by atoms with Crippen LogP contribution in [0.2, 0.25) is 0 Å². The summed E-state index contributed by atoms with van der Waals surface area (Å²) in [7, 11) is 1.58. The summed E-state index contributed by atoms with van der Waals surface area (Å²) in [5.74, 6) is 0.846. The van der Waals surface area contributed by atoms with Crippen LogP contribution in [0.4, 0.5) is 0 Å². The maximum Gasteiger partial charge on any atom is 0.161 e. The van der Waals surface area contributed by atoms with Gasteiger partial charge in [0.1, 0.15) is 0 Å². The van der Waals surface area contributed by atoms with Crippen molar-refractivity contribution >= 4 is 0 Å². The average molecular weight is 204 g/mol. The summed E-state index contributed by atoms with van der Waals surface area (Å²) in [5.41, 5.74) is 2.39. The third-order valence-corrected chi connectivity index (χ3v) is 2.86. The van der Waals surface area contributed by atoms with Crippen molar-refractivity contribution < 1.29 is 9.84 Å². The summed E-state index contributed by atoms with van der Waals surface area (Å²) >= 11 is 0. The van der Waals surface area contributed by atoms with Gasteiger partial charge in [0.15, 0.2) is 11.5 Å². The van der Waals surface area contributed by atoms with Gasteiger partial charge in [0.2, 0.25) is 0 Å². The van der Waals surface area contributed by atoms with E-state index in [0.717, 1.165) is 18.4 Å². The van der Waals surface area contributed by atoms with Gasteiger partial charge in [0, 0.05) is 5.56 Å². The maximum atomic E-state index is 9.90. The van der Waals surface area contributed by atoms with Crippen molar-refractivity contribution in [3.8, 4) is 11.5 Å². The van der Waals surface area contributed by atoms with E-state index in [-0.39, 0.29) is 5.75 Å². The van der Waals surface area contributed by atoms with Gasteiger partial charge in [-0.3, -0.25) is 0 Å². The number of hydrogen-bond donors (Lipinski definition) is 1. The van der Waals surface area contributed by atoms with Gasteiger partial charge in [-0.05, 0) is 31.7 Å². The second kappa shape index (κ2) is 4.39. The minimum Gasteiger partial charge on any atom is -0.504 e. The van der Waals surface area contributed by atoms with Gasteiger partial charge in [-0.1, -0.05) is 23.8 Å². The minimum absolute atomic E-state index is 0.285. The Hall–Kier alpha value is -1.44. The van der Waals surface area contributed by atoms with E-state index in [2.05, 4.69) is 6.08 Å². The molecule has 0 saturated heterocycles. The lowest BCUT2D eigenvalue weighted by Crippen LogP contribution is -1.91. The number of aromatic hydroxyl groups is 1. The van der Waals surface area contributed by atoms with Gasteiger partial charge in [-0.2, -0.15) is 0 Å². The lowest BCUT2D eigenvalue weighted by atomic mass is 10.0. The molecule has 0 radical (unpaired) electrons. The van der Waals surface area contributed by atoms with Gasteiger partial charge in [-0.15, -0.1) is 0 Å². The largest absolute Gasteiger partial charge is 0.504 e. The third-order valence-electron chi connectivity index (χ3n) is 2.86. The molecule has 1 N–H and O–H groups in total. The quantitative estimate of drug-likeness (QED) is 0.767. The molecule has 0 atom stereocenters. The zero-order chi connectivity index (χ0) is 10.7. The SMILES string of the molecule is COc1cccc(CC2=CCCC2)c1O. The van der Waals surface area contributed by atoms with Crippen LogP contribution in [0.15, 0.2) is 29.8 Å². The first-order valence-electron chi connectivity index (χ1n) is 5.34. The highest BCUT2D eigenvalue weighted by Gasteiger charge is 2.11. The fourth-order valence-corrected chi connectivity index (χ4v) is 2.02. The predicted molar refractivity (Wildman–Crippen MR) is 60.3 cm³/mol. The third kappa shape index (κ3) is 2.14. The minimum atomic E-state index is 0.285. The van der Waals surface area contributed by atoms with Crippen LogP contribution in [-0.4, -0.2) is 12.2 Å². The molecule has 0 unspecified atom stereocenters. The molecular formula is C13H16O2. The van der Waals surface area contributed by atoms with Crippen molar-refractivity contribution in [2.75, 3.05) is 7.11 Å². The Bertz CT molecular complexity index is 380. The number of hydrogen-bond acceptors (Lipinski definition) is 2. The Kier molecular flexibility index (Phi) is 2.95. The lowest BCUT2D eigenvalue weighted by molar-refractivity contribution is 0.371. The summed E-state index contributed by atoms with van der Waals surface area (Å²) < 4.78 is 5.08. The summed E-state index contributed by atoms with van der Waals surface area (Å²) in [6.07, 6.45) is 6.72. The zero-order valence-electron chi connectivity index (χ0n) is 8.99. The fourth-order valence-electron chi connectivity index (χ4n) is 2.02. The number of phenolic OH excluding ortho intramolecular Hbond substituents is 1. The molecule has 2 heteroatoms. The number of methoxy groups -OCH3 is 1. The molecule has 1 aliphatic carbocycles. The van der Waals surface area contributed by atoms with E-state index >= 15 is 0 Å². The number of rotatable bonds is 3. The predicted octanol–water partition coefficient (Wildman–Crippen LogP) is 3.05. The highest BCUT2D eigenvalue weighted by molar-refractivity contribution is 5.46. The standard InChI is InChI=1S/C13H16O2/c1-15-12-8-4-7-11(13(12)14)9-10-5-2-3-6-10/h4-5,7-8,14H,2-3,6,9H2,1H3. The summed E-state index contributed by atoms with van der Waals surface area (Å²) in [5, 5.41) is 9.90. The Morgan fingerprint density at radius 3 is 2.93 bits per heavy atom. The molecule has 0 heterocycles. The molecule has 15 heavy (non-hydrogen) atoms. The van der Waals surface area contributed by atoms with Gasteiger partial charge >= 0.3 is 0 Å². The molecule has 0 aromatic heterocycles. The summed E-state index contributed by atoms with van der Waals surface area (Å²) in [6.45, 7) is 0. The Labute approximate surface area is 90.2 Å². The molecule has 0 fully saturated rings. The first kappa shape index (κ1) is 10.1. The van der Waals surface area contributed by atoms with Crippen molar-refractivity contribution in [3.05, 3.63) is 35.4 Å². The zero-order valence-corrected chi connectivity index (χ0v) is 8.99. The van der Waals surface area contributed by atoms with Crippen molar-refractivity contribution in [1.82, 2.24) is 0 Å². The van der Waals surface area contributed by atoms with Gasteiger partial charge in [0.05, 0.1) is 7.11 Å². The molecule has 0 saturated carbocycles. The van der Waals surface area contributed by atoms with Crippen molar-refractivity contribution in [2.24, 2.45) is 0 Å². The van der Waals surface area contributed by atoms with Gasteiger partial charge in [-0.25, -0.2) is 0 Å². The lowest BCUT2D eigenvalue weighted by Gasteiger charge is -2.09. The number of phenols is 1. The first-order valence-corrected chi connectivity index (χ1v) is 5.34. The number of benzene rings is 1. The van der Waals surface area contributed by atoms with Crippen molar-refractivity contribution in [2.45, 2.75) is 25.7 Å². The normalized spacial score (nSPS) is 15.1. The van der Waals surface area contributed by atoms with E-state index in [4.69, 9.17) is 4.74 Å². The Balaban J connectivity index is 2.20. The van der Waals surface area contributed by atoms with Crippen LogP contribution in [0, 0.1) is 0 Å². The van der Waals surface area contributed by atoms with E-state index in [1.807, 2.05) is 12.1 Å². The molecule has 1 aromatic rings. The molecule has 0 bridgehead atoms. The smallest absolute Gasteiger partial charge is 0.161 e. The van der Waals surface area contributed by atoms with Crippen LogP contribution >= 0.6 is 0 Å². The van der Waals surface area contributed by atoms with Crippen molar-refractivity contribution in [3.63, 3.8) is 0 Å². The highest BCUT2D eigenvalue weighted by atomic mass is 16.5. The average Bonchev–Trinajstić information content (AvgIpc) is 2.74. The van der Waals surface area contributed by atoms with E-state index in [1.165, 1.54) is 18.4 Å². The molecule has 0 spiro atoms. The molecule has 1 aromatic carbocycles. The maximum absolute atomic E-state index is 9.90. The molecule has 80 valence electrons. The van der Waals surface area contributed by atoms with E-state index in [9.17, 15) is 5.11 Å². The topological polar surface area (TPSA) is 29.5 Å². The highest BCUT2D eigenvalue weighted by Crippen LogP contribution is 2.32.